The summed E-state index contributed by atoms with van der Waals surface area (Å²) in [5.41, 5.74) is 2.26. The molecular weight excluding hydrogens is 176 g/mol. The van der Waals surface area contributed by atoms with Crippen LogP contribution in [0.3, 0.4) is 0 Å². The lowest BCUT2D eigenvalue weighted by molar-refractivity contribution is 0.0326. The van der Waals surface area contributed by atoms with Crippen LogP contribution in [-0.4, -0.2) is 12.7 Å². The molecule has 0 saturated carbocycles. The molecule has 2 aliphatic rings. The average molecular weight is 191 g/mol. The molecule has 1 aliphatic heterocycles. The number of rotatable bonds is 2. The van der Waals surface area contributed by atoms with E-state index in [1.54, 1.807) is 12.5 Å². The van der Waals surface area contributed by atoms with E-state index in [-0.39, 0.29) is 11.5 Å². The van der Waals surface area contributed by atoms with Gasteiger partial charge in [-0.05, 0) is 24.6 Å². The molecule has 1 unspecified atom stereocenters. The molecule has 0 aromatic rings. The summed E-state index contributed by atoms with van der Waals surface area (Å²) in [6.07, 6.45) is 8.80. The quantitative estimate of drug-likeness (QED) is 0.668. The predicted molar refractivity (Wildman–Crippen MR) is 54.3 cm³/mol. The van der Waals surface area contributed by atoms with Gasteiger partial charge in [-0.3, -0.25) is 0 Å². The monoisotopic (exact) mass is 191 g/mol. The van der Waals surface area contributed by atoms with E-state index in [9.17, 15) is 0 Å². The van der Waals surface area contributed by atoms with Gasteiger partial charge in [0.2, 0.25) is 0 Å². The minimum Gasteiger partial charge on any atom is -0.472 e. The zero-order valence-corrected chi connectivity index (χ0v) is 8.83. The second-order valence-corrected chi connectivity index (χ2v) is 4.09. The molecule has 0 fully saturated rings. The Bertz CT molecular complexity index is 321. The first kappa shape index (κ1) is 9.53. The SMILES string of the molecule is CCOC1[C]=C2C=COC=C2C1(C)C. The highest BCUT2D eigenvalue weighted by Crippen LogP contribution is 2.44. The van der Waals surface area contributed by atoms with E-state index >= 15 is 0 Å². The summed E-state index contributed by atoms with van der Waals surface area (Å²) in [4.78, 5) is 0. The Kier molecular flexibility index (Phi) is 2.23. The first-order chi connectivity index (χ1) is 6.66. The van der Waals surface area contributed by atoms with Crippen molar-refractivity contribution in [2.45, 2.75) is 26.9 Å². The van der Waals surface area contributed by atoms with Gasteiger partial charge in [-0.15, -0.1) is 0 Å². The van der Waals surface area contributed by atoms with Crippen molar-refractivity contribution in [3.63, 3.8) is 0 Å². The largest absolute Gasteiger partial charge is 0.472 e. The average Bonchev–Trinajstić information content (AvgIpc) is 2.41. The van der Waals surface area contributed by atoms with E-state index in [0.29, 0.717) is 6.61 Å². The van der Waals surface area contributed by atoms with Crippen molar-refractivity contribution >= 4 is 0 Å². The Balaban J connectivity index is 2.31. The molecule has 1 aliphatic carbocycles. The van der Waals surface area contributed by atoms with E-state index in [2.05, 4.69) is 19.9 Å². The molecule has 0 N–H and O–H groups in total. The van der Waals surface area contributed by atoms with Gasteiger partial charge in [-0.1, -0.05) is 13.8 Å². The van der Waals surface area contributed by atoms with Crippen LogP contribution in [0.4, 0.5) is 0 Å². The van der Waals surface area contributed by atoms with E-state index < -0.39 is 0 Å². The maximum atomic E-state index is 5.65. The second-order valence-electron chi connectivity index (χ2n) is 4.09. The molecule has 0 bridgehead atoms. The summed E-state index contributed by atoms with van der Waals surface area (Å²) in [6, 6.07) is 0. The Labute approximate surface area is 84.9 Å². The van der Waals surface area contributed by atoms with Crippen LogP contribution in [0.2, 0.25) is 0 Å². The second kappa shape index (κ2) is 3.28. The summed E-state index contributed by atoms with van der Waals surface area (Å²) in [5, 5.41) is 0. The fourth-order valence-electron chi connectivity index (χ4n) is 1.87. The number of fused-ring (bicyclic) bond motifs is 1. The first-order valence-corrected chi connectivity index (χ1v) is 4.94. The Morgan fingerprint density at radius 2 is 2.36 bits per heavy atom. The third kappa shape index (κ3) is 1.30. The maximum absolute atomic E-state index is 5.65. The van der Waals surface area contributed by atoms with Gasteiger partial charge < -0.3 is 9.47 Å². The molecule has 1 heterocycles. The van der Waals surface area contributed by atoms with Gasteiger partial charge >= 0.3 is 0 Å². The Morgan fingerprint density at radius 1 is 1.57 bits per heavy atom. The minimum absolute atomic E-state index is 0.0316. The lowest BCUT2D eigenvalue weighted by atomic mass is 9.82. The summed E-state index contributed by atoms with van der Waals surface area (Å²) in [7, 11) is 0. The van der Waals surface area contributed by atoms with E-state index in [1.165, 1.54) is 5.57 Å². The van der Waals surface area contributed by atoms with Crippen molar-refractivity contribution in [2.75, 3.05) is 6.61 Å². The smallest absolute Gasteiger partial charge is 0.0946 e. The van der Waals surface area contributed by atoms with Gasteiger partial charge in [0.1, 0.15) is 0 Å². The zero-order chi connectivity index (χ0) is 10.2. The summed E-state index contributed by atoms with van der Waals surface area (Å²) in [6.45, 7) is 7.03. The molecule has 1 radical (unpaired) electrons. The summed E-state index contributed by atoms with van der Waals surface area (Å²) in [5.74, 6) is 0. The highest BCUT2D eigenvalue weighted by Gasteiger charge is 2.40. The number of hydrogen-bond donors (Lipinski definition) is 0. The van der Waals surface area contributed by atoms with Crippen molar-refractivity contribution in [1.82, 2.24) is 0 Å². The third-order valence-corrected chi connectivity index (χ3v) is 2.76. The molecule has 0 amide bonds. The van der Waals surface area contributed by atoms with Crippen molar-refractivity contribution in [1.29, 1.82) is 0 Å². The normalized spacial score (nSPS) is 27.8. The third-order valence-electron chi connectivity index (χ3n) is 2.76. The molecule has 0 aromatic carbocycles. The molecule has 0 aromatic heterocycles. The minimum atomic E-state index is -0.0316. The number of allylic oxidation sites excluding steroid dienone is 2. The molecule has 2 rings (SSSR count). The van der Waals surface area contributed by atoms with Gasteiger partial charge in [0.25, 0.3) is 0 Å². The van der Waals surface area contributed by atoms with Crippen LogP contribution in [0.15, 0.2) is 29.7 Å². The maximum Gasteiger partial charge on any atom is 0.0946 e. The molecule has 2 nitrogen and oxygen atoms in total. The standard InChI is InChI=1S/C12H15O2/c1-4-14-11-7-9-5-6-13-8-10(9)12(11,2)3/h5-6,8,11H,4H2,1-3H3. The van der Waals surface area contributed by atoms with E-state index in [0.717, 1.165) is 5.57 Å². The van der Waals surface area contributed by atoms with Crippen LogP contribution in [0.5, 0.6) is 0 Å². The highest BCUT2D eigenvalue weighted by atomic mass is 16.5. The lowest BCUT2D eigenvalue weighted by Crippen LogP contribution is -2.28. The van der Waals surface area contributed by atoms with Crippen molar-refractivity contribution < 1.29 is 9.47 Å². The van der Waals surface area contributed by atoms with E-state index in [4.69, 9.17) is 9.47 Å². The Hall–Kier alpha value is -1.02. The van der Waals surface area contributed by atoms with Gasteiger partial charge in [-0.25, -0.2) is 0 Å². The van der Waals surface area contributed by atoms with Gasteiger partial charge in [-0.2, -0.15) is 0 Å². The molecule has 14 heavy (non-hydrogen) atoms. The molecule has 75 valence electrons. The van der Waals surface area contributed by atoms with Crippen LogP contribution >= 0.6 is 0 Å². The van der Waals surface area contributed by atoms with Crippen LogP contribution in [0.1, 0.15) is 20.8 Å². The number of ether oxygens (including phenoxy) is 2. The van der Waals surface area contributed by atoms with Crippen LogP contribution in [0, 0.1) is 11.5 Å². The van der Waals surface area contributed by atoms with Gasteiger partial charge in [0.15, 0.2) is 0 Å². The summed E-state index contributed by atoms with van der Waals surface area (Å²) >= 11 is 0. The zero-order valence-electron chi connectivity index (χ0n) is 8.83. The molecule has 2 heteroatoms. The molecular formula is C12H15O2. The van der Waals surface area contributed by atoms with Crippen molar-refractivity contribution in [3.8, 4) is 0 Å². The number of hydrogen-bond acceptors (Lipinski definition) is 2. The van der Waals surface area contributed by atoms with Crippen molar-refractivity contribution in [3.05, 3.63) is 35.8 Å². The molecule has 1 atom stereocenters. The van der Waals surface area contributed by atoms with Crippen LogP contribution in [0.25, 0.3) is 0 Å². The van der Waals surface area contributed by atoms with Crippen LogP contribution in [-0.2, 0) is 9.47 Å². The molecule has 0 spiro atoms. The highest BCUT2D eigenvalue weighted by molar-refractivity contribution is 5.48. The first-order valence-electron chi connectivity index (χ1n) is 4.94. The lowest BCUT2D eigenvalue weighted by Gasteiger charge is -2.28. The fourth-order valence-corrected chi connectivity index (χ4v) is 1.87. The van der Waals surface area contributed by atoms with E-state index in [1.807, 2.05) is 13.0 Å². The molecule has 0 saturated heterocycles. The Morgan fingerprint density at radius 3 is 3.00 bits per heavy atom. The van der Waals surface area contributed by atoms with Gasteiger partial charge in [0.05, 0.1) is 18.6 Å². The predicted octanol–water partition coefficient (Wildman–Crippen LogP) is 2.59. The topological polar surface area (TPSA) is 18.5 Å². The fraction of sp³-hybridized carbons (Fsp3) is 0.500. The van der Waals surface area contributed by atoms with Gasteiger partial charge in [0, 0.05) is 17.6 Å². The summed E-state index contributed by atoms with van der Waals surface area (Å²) < 4.78 is 10.8. The van der Waals surface area contributed by atoms with Crippen LogP contribution < -0.4 is 0 Å². The van der Waals surface area contributed by atoms with Crippen molar-refractivity contribution in [2.24, 2.45) is 5.41 Å².